The number of rotatable bonds is 5. The summed E-state index contributed by atoms with van der Waals surface area (Å²) in [6.45, 7) is 0. The van der Waals surface area contributed by atoms with E-state index in [9.17, 15) is 9.18 Å². The lowest BCUT2D eigenvalue weighted by atomic mass is 10.2. The van der Waals surface area contributed by atoms with Crippen LogP contribution < -0.4 is 10.6 Å². The van der Waals surface area contributed by atoms with Crippen LogP contribution >= 0.6 is 34.8 Å². The van der Waals surface area contributed by atoms with Gasteiger partial charge in [-0.2, -0.15) is 5.10 Å². The van der Waals surface area contributed by atoms with Crippen molar-refractivity contribution in [3.63, 3.8) is 0 Å². The Morgan fingerprint density at radius 1 is 0.970 bits per heavy atom. The van der Waals surface area contributed by atoms with Gasteiger partial charge in [0.25, 0.3) is 0 Å². The summed E-state index contributed by atoms with van der Waals surface area (Å²) in [5.74, 6) is -0.244. The molecule has 0 unspecified atom stereocenters. The first-order valence-corrected chi connectivity index (χ1v) is 10.7. The zero-order valence-electron chi connectivity index (χ0n) is 16.8. The summed E-state index contributed by atoms with van der Waals surface area (Å²) >= 11 is 18.3. The molecule has 1 heterocycles. The third-order valence-corrected chi connectivity index (χ3v) is 5.35. The number of imidazole rings is 1. The Balaban J connectivity index is 1.64. The fourth-order valence-corrected chi connectivity index (χ4v) is 3.49. The van der Waals surface area contributed by atoms with Crippen molar-refractivity contribution in [2.45, 2.75) is 0 Å². The van der Waals surface area contributed by atoms with Crippen LogP contribution in [0.1, 0.15) is 5.56 Å². The highest BCUT2D eigenvalue weighted by molar-refractivity contribution is 6.36. The van der Waals surface area contributed by atoms with E-state index in [1.54, 1.807) is 60.8 Å². The molecule has 6 nitrogen and oxygen atoms in total. The maximum atomic E-state index is 13.3. The van der Waals surface area contributed by atoms with Crippen molar-refractivity contribution >= 4 is 58.7 Å². The molecule has 10 heteroatoms. The zero-order chi connectivity index (χ0) is 23.4. The third kappa shape index (κ3) is 5.70. The standard InChI is InChI=1S/C23H15Cl3FN5O/c24-16-8-5-15(19(26)11-16)12-28-32-13-21(14-6-9-17(27)10-7-14)29-22(32)31-23(33)30-20-4-2-1-3-18(20)25/h1-13H,(H2,29,30,31,33)/b28-12-. The number of carbonyl (C=O) groups excluding carboxylic acids is 1. The Bertz CT molecular complexity index is 1340. The number of halogens is 4. The molecule has 0 aliphatic carbocycles. The Hall–Kier alpha value is -3.39. The second kappa shape index (κ2) is 10.0. The SMILES string of the molecule is O=C(Nc1ccccc1Cl)Nc1nc(-c2ccc(F)cc2)cn1/N=C\c1ccc(Cl)cc1Cl. The molecule has 2 N–H and O–H groups in total. The summed E-state index contributed by atoms with van der Waals surface area (Å²) in [5.41, 5.74) is 2.17. The van der Waals surface area contributed by atoms with Crippen LogP contribution in [-0.2, 0) is 0 Å². The molecule has 0 aliphatic heterocycles. The fourth-order valence-electron chi connectivity index (χ4n) is 2.85. The van der Waals surface area contributed by atoms with Crippen molar-refractivity contribution in [2.24, 2.45) is 5.10 Å². The Kier molecular flexibility index (Phi) is 6.93. The number of para-hydroxylation sites is 1. The van der Waals surface area contributed by atoms with E-state index in [1.807, 2.05) is 0 Å². The number of hydrogen-bond acceptors (Lipinski definition) is 3. The number of nitrogens with one attached hydrogen (secondary N) is 2. The summed E-state index contributed by atoms with van der Waals surface area (Å²) in [4.78, 5) is 17.0. The highest BCUT2D eigenvalue weighted by Crippen LogP contribution is 2.24. The smallest absolute Gasteiger partial charge is 0.306 e. The van der Waals surface area contributed by atoms with Gasteiger partial charge in [0.1, 0.15) is 5.82 Å². The maximum Gasteiger partial charge on any atom is 0.326 e. The molecular formula is C23H15Cl3FN5O. The average Bonchev–Trinajstić information content (AvgIpc) is 3.17. The van der Waals surface area contributed by atoms with Gasteiger partial charge in [-0.05, 0) is 48.5 Å². The van der Waals surface area contributed by atoms with Gasteiger partial charge in [-0.15, -0.1) is 0 Å². The quantitative estimate of drug-likeness (QED) is 0.284. The van der Waals surface area contributed by atoms with Crippen LogP contribution in [0.25, 0.3) is 11.3 Å². The van der Waals surface area contributed by atoms with E-state index in [4.69, 9.17) is 34.8 Å². The molecule has 0 saturated carbocycles. The Morgan fingerprint density at radius 2 is 1.73 bits per heavy atom. The van der Waals surface area contributed by atoms with Crippen molar-refractivity contribution < 1.29 is 9.18 Å². The van der Waals surface area contributed by atoms with Crippen LogP contribution in [0.4, 0.5) is 20.8 Å². The van der Waals surface area contributed by atoms with E-state index in [0.717, 1.165) is 0 Å². The molecule has 0 atom stereocenters. The molecule has 0 bridgehead atoms. The fraction of sp³-hybridized carbons (Fsp3) is 0. The minimum atomic E-state index is -0.569. The molecule has 2 amide bonds. The van der Waals surface area contributed by atoms with Crippen LogP contribution in [-0.4, -0.2) is 21.9 Å². The van der Waals surface area contributed by atoms with E-state index in [-0.39, 0.29) is 11.8 Å². The minimum absolute atomic E-state index is 0.125. The van der Waals surface area contributed by atoms with Crippen LogP contribution in [0.5, 0.6) is 0 Å². The van der Waals surface area contributed by atoms with Crippen molar-refractivity contribution in [3.05, 3.63) is 99.4 Å². The van der Waals surface area contributed by atoms with Crippen LogP contribution in [0.3, 0.4) is 0 Å². The number of aromatic nitrogens is 2. The lowest BCUT2D eigenvalue weighted by Gasteiger charge is -2.08. The molecule has 3 aromatic carbocycles. The van der Waals surface area contributed by atoms with E-state index < -0.39 is 6.03 Å². The molecule has 0 radical (unpaired) electrons. The van der Waals surface area contributed by atoms with Gasteiger partial charge in [0.15, 0.2) is 0 Å². The molecule has 0 fully saturated rings. The maximum absolute atomic E-state index is 13.3. The number of carbonyl (C=O) groups is 1. The average molecular weight is 503 g/mol. The van der Waals surface area contributed by atoms with Crippen molar-refractivity contribution in [1.29, 1.82) is 0 Å². The van der Waals surface area contributed by atoms with Gasteiger partial charge in [-0.1, -0.05) is 53.0 Å². The summed E-state index contributed by atoms with van der Waals surface area (Å²) in [7, 11) is 0. The molecular weight excluding hydrogens is 488 g/mol. The zero-order valence-corrected chi connectivity index (χ0v) is 19.0. The largest absolute Gasteiger partial charge is 0.326 e. The normalized spacial score (nSPS) is 11.0. The van der Waals surface area contributed by atoms with Crippen LogP contribution in [0.2, 0.25) is 15.1 Å². The van der Waals surface area contributed by atoms with Gasteiger partial charge in [-0.3, -0.25) is 5.32 Å². The molecule has 0 aliphatic rings. The highest BCUT2D eigenvalue weighted by Gasteiger charge is 2.14. The lowest BCUT2D eigenvalue weighted by molar-refractivity contribution is 0.262. The number of amides is 2. The minimum Gasteiger partial charge on any atom is -0.306 e. The Labute approximate surface area is 203 Å². The van der Waals surface area contributed by atoms with Gasteiger partial charge in [0, 0.05) is 16.1 Å². The van der Waals surface area contributed by atoms with Gasteiger partial charge in [-0.25, -0.2) is 18.8 Å². The number of benzene rings is 3. The van der Waals surface area contributed by atoms with Crippen molar-refractivity contribution in [3.8, 4) is 11.3 Å². The Morgan fingerprint density at radius 3 is 2.45 bits per heavy atom. The lowest BCUT2D eigenvalue weighted by Crippen LogP contribution is -2.21. The van der Waals surface area contributed by atoms with Gasteiger partial charge >= 0.3 is 6.03 Å². The van der Waals surface area contributed by atoms with Crippen LogP contribution in [0, 0.1) is 5.82 Å². The van der Waals surface area contributed by atoms with E-state index in [1.165, 1.54) is 23.0 Å². The van der Waals surface area contributed by atoms with E-state index in [2.05, 4.69) is 20.7 Å². The van der Waals surface area contributed by atoms with Crippen molar-refractivity contribution in [1.82, 2.24) is 9.66 Å². The third-order valence-electron chi connectivity index (χ3n) is 4.46. The first-order valence-electron chi connectivity index (χ1n) is 9.56. The van der Waals surface area contributed by atoms with Crippen LogP contribution in [0.15, 0.2) is 78.0 Å². The second-order valence-corrected chi connectivity index (χ2v) is 8.02. The molecule has 0 spiro atoms. The summed E-state index contributed by atoms with van der Waals surface area (Å²) in [6.07, 6.45) is 3.10. The highest BCUT2D eigenvalue weighted by atomic mass is 35.5. The molecule has 1 aromatic heterocycles. The number of nitrogens with zero attached hydrogens (tertiary/aromatic N) is 3. The number of anilines is 2. The van der Waals surface area contributed by atoms with Crippen molar-refractivity contribution in [2.75, 3.05) is 10.6 Å². The first kappa shape index (κ1) is 22.8. The first-order chi connectivity index (χ1) is 15.9. The summed E-state index contributed by atoms with van der Waals surface area (Å²) < 4.78 is 14.7. The van der Waals surface area contributed by atoms with E-state index in [0.29, 0.717) is 37.6 Å². The predicted molar refractivity (Wildman–Crippen MR) is 131 cm³/mol. The topological polar surface area (TPSA) is 71.3 Å². The molecule has 0 saturated heterocycles. The van der Waals surface area contributed by atoms with Gasteiger partial charge in [0.2, 0.25) is 5.95 Å². The second-order valence-electron chi connectivity index (χ2n) is 6.77. The molecule has 166 valence electrons. The number of urea groups is 1. The van der Waals surface area contributed by atoms with Gasteiger partial charge < -0.3 is 5.32 Å². The summed E-state index contributed by atoms with van der Waals surface area (Å²) in [6, 6.07) is 17.0. The molecule has 33 heavy (non-hydrogen) atoms. The number of hydrogen-bond donors (Lipinski definition) is 2. The molecule has 4 aromatic rings. The van der Waals surface area contributed by atoms with Gasteiger partial charge in [0.05, 0.1) is 33.8 Å². The molecule has 4 rings (SSSR count). The monoisotopic (exact) mass is 501 g/mol. The predicted octanol–water partition coefficient (Wildman–Crippen LogP) is 7.18. The summed E-state index contributed by atoms with van der Waals surface area (Å²) in [5, 5.41) is 11.0. The van der Waals surface area contributed by atoms with E-state index >= 15 is 0 Å².